The summed E-state index contributed by atoms with van der Waals surface area (Å²) in [5, 5.41) is 24.2. The molecule has 0 bridgehead atoms. The van der Waals surface area contributed by atoms with Gasteiger partial charge in [0.25, 0.3) is 0 Å². The van der Waals surface area contributed by atoms with Crippen molar-refractivity contribution >= 4 is 0 Å². The van der Waals surface area contributed by atoms with Gasteiger partial charge in [0.15, 0.2) is 0 Å². The fraction of sp³-hybridized carbons (Fsp3) is 0.840. The van der Waals surface area contributed by atoms with Gasteiger partial charge >= 0.3 is 0 Å². The lowest BCUT2D eigenvalue weighted by molar-refractivity contribution is 0.139. The van der Waals surface area contributed by atoms with Crippen LogP contribution in [0.15, 0.2) is 23.8 Å². The molecule has 3 N–H and O–H groups in total. The molecule has 162 valence electrons. The summed E-state index contributed by atoms with van der Waals surface area (Å²) in [7, 11) is 0. The van der Waals surface area contributed by atoms with E-state index < -0.39 is 0 Å². The second kappa shape index (κ2) is 11.5. The zero-order valence-corrected chi connectivity index (χ0v) is 18.8. The molecule has 0 unspecified atom stereocenters. The van der Waals surface area contributed by atoms with Gasteiger partial charge in [-0.25, -0.2) is 0 Å². The molecule has 1 fully saturated rings. The normalized spacial score (nSPS) is 28.7. The van der Waals surface area contributed by atoms with Crippen molar-refractivity contribution in [3.63, 3.8) is 0 Å². The monoisotopic (exact) mass is 391 g/mol. The molecule has 2 aliphatic carbocycles. The molecular formula is C25H45NO2. The second-order valence-electron chi connectivity index (χ2n) is 10.2. The Kier molecular flexibility index (Phi) is 9.73. The van der Waals surface area contributed by atoms with Gasteiger partial charge in [-0.1, -0.05) is 56.4 Å². The summed E-state index contributed by atoms with van der Waals surface area (Å²) in [6.45, 7) is 9.95. The predicted octanol–water partition coefficient (Wildman–Crippen LogP) is 5.38. The van der Waals surface area contributed by atoms with Crippen LogP contribution < -0.4 is 5.32 Å². The Morgan fingerprint density at radius 1 is 1.18 bits per heavy atom. The van der Waals surface area contributed by atoms with Gasteiger partial charge in [-0.2, -0.15) is 0 Å². The third kappa shape index (κ3) is 8.00. The molecular weight excluding hydrogens is 346 g/mol. The Morgan fingerprint density at radius 3 is 2.68 bits per heavy atom. The standard InChI is InChI=1S/C25H45NO2/c1-5-6-8-12-21(27)13-14-22-23-17-19(16-20(23)18-24(22)28)11-9-7-10-15-26-25(2,3)4/h13-14,16,20-24,26-28H,5-12,15,17-18H2,1-4H3/t20-,21-,22+,23-,24+/m0/s1. The summed E-state index contributed by atoms with van der Waals surface area (Å²) < 4.78 is 0. The number of allylic oxidation sites excluding steroid dienone is 2. The van der Waals surface area contributed by atoms with Gasteiger partial charge in [0.2, 0.25) is 0 Å². The van der Waals surface area contributed by atoms with E-state index in [0.29, 0.717) is 11.8 Å². The lowest BCUT2D eigenvalue weighted by Crippen LogP contribution is -2.36. The van der Waals surface area contributed by atoms with Crippen LogP contribution in [0.2, 0.25) is 0 Å². The SMILES string of the molecule is CCCCC[C@H](O)C=C[C@@H]1[C@H]2CC(CCCCCNC(C)(C)C)=C[C@H]2C[C@H]1O. The minimum Gasteiger partial charge on any atom is -0.392 e. The summed E-state index contributed by atoms with van der Waals surface area (Å²) in [5.74, 6) is 1.31. The van der Waals surface area contributed by atoms with Crippen molar-refractivity contribution in [3.05, 3.63) is 23.8 Å². The molecule has 0 aromatic carbocycles. The minimum absolute atomic E-state index is 0.218. The third-order valence-corrected chi connectivity index (χ3v) is 6.44. The number of fused-ring (bicyclic) bond motifs is 1. The van der Waals surface area contributed by atoms with Gasteiger partial charge < -0.3 is 15.5 Å². The van der Waals surface area contributed by atoms with E-state index in [9.17, 15) is 10.2 Å². The van der Waals surface area contributed by atoms with Gasteiger partial charge in [-0.05, 0) is 77.7 Å². The van der Waals surface area contributed by atoms with Crippen molar-refractivity contribution in [1.29, 1.82) is 0 Å². The summed E-state index contributed by atoms with van der Waals surface area (Å²) in [4.78, 5) is 0. The molecule has 5 atom stereocenters. The Hall–Kier alpha value is -0.640. The molecule has 0 aliphatic heterocycles. The first-order valence-electron chi connectivity index (χ1n) is 11.8. The maximum atomic E-state index is 10.5. The van der Waals surface area contributed by atoms with E-state index >= 15 is 0 Å². The minimum atomic E-state index is -0.353. The molecule has 0 spiro atoms. The first-order valence-corrected chi connectivity index (χ1v) is 11.8. The van der Waals surface area contributed by atoms with Crippen molar-refractivity contribution in [2.75, 3.05) is 6.54 Å². The highest BCUT2D eigenvalue weighted by Gasteiger charge is 2.43. The van der Waals surface area contributed by atoms with E-state index in [4.69, 9.17) is 0 Å². The smallest absolute Gasteiger partial charge is 0.0721 e. The largest absolute Gasteiger partial charge is 0.392 e. The van der Waals surface area contributed by atoms with Crippen LogP contribution in [0.1, 0.15) is 91.9 Å². The van der Waals surface area contributed by atoms with Crippen LogP contribution in [0.3, 0.4) is 0 Å². The van der Waals surface area contributed by atoms with Crippen LogP contribution in [0.5, 0.6) is 0 Å². The van der Waals surface area contributed by atoms with Crippen molar-refractivity contribution in [3.8, 4) is 0 Å². The summed E-state index contributed by atoms with van der Waals surface area (Å²) >= 11 is 0. The number of nitrogens with one attached hydrogen (secondary N) is 1. The van der Waals surface area contributed by atoms with Gasteiger partial charge in [-0.3, -0.25) is 0 Å². The van der Waals surface area contributed by atoms with Crippen LogP contribution in [0, 0.1) is 17.8 Å². The molecule has 2 rings (SSSR count). The lowest BCUT2D eigenvalue weighted by atomic mass is 9.88. The number of unbranched alkanes of at least 4 members (excludes halogenated alkanes) is 4. The van der Waals surface area contributed by atoms with Crippen LogP contribution in [0.4, 0.5) is 0 Å². The van der Waals surface area contributed by atoms with Crippen LogP contribution in [-0.4, -0.2) is 34.5 Å². The molecule has 0 aromatic heterocycles. The highest BCUT2D eigenvalue weighted by Crippen LogP contribution is 2.48. The molecule has 28 heavy (non-hydrogen) atoms. The van der Waals surface area contributed by atoms with Gasteiger partial charge in [0.1, 0.15) is 0 Å². The van der Waals surface area contributed by atoms with Crippen molar-refractivity contribution in [1.82, 2.24) is 5.32 Å². The third-order valence-electron chi connectivity index (χ3n) is 6.44. The number of hydrogen-bond donors (Lipinski definition) is 3. The van der Waals surface area contributed by atoms with E-state index in [1.54, 1.807) is 5.57 Å². The molecule has 2 aliphatic rings. The van der Waals surface area contributed by atoms with Gasteiger partial charge in [-0.15, -0.1) is 0 Å². The predicted molar refractivity (Wildman–Crippen MR) is 119 cm³/mol. The molecule has 0 aromatic rings. The lowest BCUT2D eigenvalue weighted by Gasteiger charge is -2.20. The Balaban J connectivity index is 1.70. The zero-order valence-electron chi connectivity index (χ0n) is 18.8. The molecule has 3 nitrogen and oxygen atoms in total. The van der Waals surface area contributed by atoms with Crippen molar-refractivity contribution in [2.45, 2.75) is 110 Å². The maximum Gasteiger partial charge on any atom is 0.0721 e. The number of aliphatic hydroxyl groups is 2. The van der Waals surface area contributed by atoms with Gasteiger partial charge in [0, 0.05) is 11.5 Å². The first-order chi connectivity index (χ1) is 13.3. The average molecular weight is 392 g/mol. The van der Waals surface area contributed by atoms with E-state index in [1.165, 1.54) is 38.5 Å². The highest BCUT2D eigenvalue weighted by atomic mass is 16.3. The van der Waals surface area contributed by atoms with Crippen LogP contribution >= 0.6 is 0 Å². The number of rotatable bonds is 12. The average Bonchev–Trinajstić information content (AvgIpc) is 3.12. The Bertz CT molecular complexity index is 505. The zero-order chi connectivity index (χ0) is 20.6. The summed E-state index contributed by atoms with van der Waals surface area (Å²) in [5.41, 5.74) is 1.82. The highest BCUT2D eigenvalue weighted by molar-refractivity contribution is 5.21. The van der Waals surface area contributed by atoms with E-state index in [1.807, 2.05) is 6.08 Å². The van der Waals surface area contributed by atoms with Gasteiger partial charge in [0.05, 0.1) is 12.2 Å². The molecule has 0 saturated heterocycles. The summed E-state index contributed by atoms with van der Waals surface area (Å²) in [6, 6.07) is 0. The fourth-order valence-corrected chi connectivity index (χ4v) is 4.86. The van der Waals surface area contributed by atoms with Crippen LogP contribution in [0.25, 0.3) is 0 Å². The van der Waals surface area contributed by atoms with E-state index in [2.05, 4.69) is 45.2 Å². The molecule has 0 heterocycles. The number of hydrogen-bond acceptors (Lipinski definition) is 3. The second-order valence-corrected chi connectivity index (χ2v) is 10.2. The maximum absolute atomic E-state index is 10.5. The molecule has 3 heteroatoms. The van der Waals surface area contributed by atoms with E-state index in [0.717, 1.165) is 32.2 Å². The molecule has 0 amide bonds. The Morgan fingerprint density at radius 2 is 1.96 bits per heavy atom. The van der Waals surface area contributed by atoms with Crippen LogP contribution in [-0.2, 0) is 0 Å². The molecule has 0 radical (unpaired) electrons. The summed E-state index contributed by atoms with van der Waals surface area (Å²) in [6.07, 6.45) is 17.3. The number of aliphatic hydroxyl groups excluding tert-OH is 2. The van der Waals surface area contributed by atoms with E-state index in [-0.39, 0.29) is 23.7 Å². The topological polar surface area (TPSA) is 52.5 Å². The fourth-order valence-electron chi connectivity index (χ4n) is 4.86. The first kappa shape index (κ1) is 23.6. The quantitative estimate of drug-likeness (QED) is 0.309. The van der Waals surface area contributed by atoms with Crippen molar-refractivity contribution < 1.29 is 10.2 Å². The molecule has 1 saturated carbocycles. The van der Waals surface area contributed by atoms with Crippen molar-refractivity contribution in [2.24, 2.45) is 17.8 Å². The Labute approximate surface area is 173 Å².